The summed E-state index contributed by atoms with van der Waals surface area (Å²) < 4.78 is 17.3. The molecule has 3 amide bonds. The van der Waals surface area contributed by atoms with Gasteiger partial charge in [0.25, 0.3) is 0 Å². The first kappa shape index (κ1) is 110. The molecule has 2 fully saturated rings. The first-order valence-corrected chi connectivity index (χ1v) is 50.8. The van der Waals surface area contributed by atoms with Crippen LogP contribution in [0.1, 0.15) is 460 Å². The molecule has 0 aromatic rings. The number of carbonyl (C=O) groups excluding carboxylic acids is 4. The molecule has 16 heteroatoms. The lowest BCUT2D eigenvalue weighted by Gasteiger charge is -2.38. The molecule has 0 spiro atoms. The molecule has 2 aliphatic rings. The summed E-state index contributed by atoms with van der Waals surface area (Å²) in [5.41, 5.74) is 0. The largest absolute Gasteiger partial charge is 0.466 e. The van der Waals surface area contributed by atoms with Gasteiger partial charge in [0, 0.05) is 83.8 Å². The van der Waals surface area contributed by atoms with Crippen molar-refractivity contribution in [2.75, 3.05) is 118 Å². The number of esters is 1. The predicted octanol–water partition coefficient (Wildman–Crippen LogP) is 25.2. The summed E-state index contributed by atoms with van der Waals surface area (Å²) in [6.45, 7) is 31.8. The Labute approximate surface area is 713 Å². The number of amides is 3. The minimum atomic E-state index is -0.269. The van der Waals surface area contributed by atoms with Gasteiger partial charge in [-0.15, -0.1) is 0 Å². The van der Waals surface area contributed by atoms with Crippen LogP contribution < -0.4 is 16.0 Å². The fourth-order valence-electron chi connectivity index (χ4n) is 17.4. The molecule has 2 unspecified atom stereocenters. The van der Waals surface area contributed by atoms with Gasteiger partial charge in [-0.05, 0) is 185 Å². The molecule has 2 aliphatic carbocycles. The van der Waals surface area contributed by atoms with Crippen molar-refractivity contribution < 1.29 is 43.6 Å². The minimum absolute atomic E-state index is 0.0133. The van der Waals surface area contributed by atoms with Crippen LogP contribution in [0.5, 0.6) is 0 Å². The first-order chi connectivity index (χ1) is 56.4. The van der Waals surface area contributed by atoms with Gasteiger partial charge in [-0.25, -0.2) is 9.59 Å². The summed E-state index contributed by atoms with van der Waals surface area (Å²) in [6, 6.07) is 1.24. The molecule has 682 valence electrons. The molecule has 16 nitrogen and oxygen atoms in total. The van der Waals surface area contributed by atoms with E-state index in [1.807, 2.05) is 0 Å². The number of hydrogen-bond donors (Lipinski definition) is 5. The summed E-state index contributed by atoms with van der Waals surface area (Å²) in [5, 5.41) is 28.8. The minimum Gasteiger partial charge on any atom is -0.466 e. The van der Waals surface area contributed by atoms with Crippen molar-refractivity contribution in [3.05, 3.63) is 0 Å². The highest BCUT2D eigenvalue weighted by Gasteiger charge is 2.26. The van der Waals surface area contributed by atoms with Crippen LogP contribution in [0.25, 0.3) is 0 Å². The summed E-state index contributed by atoms with van der Waals surface area (Å²) in [4.78, 5) is 61.2. The van der Waals surface area contributed by atoms with Crippen molar-refractivity contribution in [2.24, 2.45) is 23.7 Å². The van der Waals surface area contributed by atoms with E-state index >= 15 is 0 Å². The molecule has 0 saturated heterocycles. The fourth-order valence-corrected chi connectivity index (χ4v) is 17.4. The third-order valence-electron chi connectivity index (χ3n) is 25.4. The molecule has 0 heterocycles. The van der Waals surface area contributed by atoms with Gasteiger partial charge in [-0.3, -0.25) is 19.4 Å². The Bertz CT molecular complexity index is 1930. The SMILES string of the molecule is CCCCCCC(CCCCCC)CC(=O)NCCCCCN(CCCCCOC(=O)CC(CCCCCC)CCCCCC)CCN(CCO)C1CCCC1.CCCCCCCCC(CCCCCC)COC(=O)NCCCCN(CCCCNC(=O)OCC(CCCCCC)CCCCCCCC)CCN(CCO)C1CCC1. The Morgan fingerprint density at radius 3 is 0.930 bits per heavy atom. The van der Waals surface area contributed by atoms with E-state index in [9.17, 15) is 29.4 Å². The molecule has 0 bridgehead atoms. The Morgan fingerprint density at radius 2 is 0.583 bits per heavy atom. The van der Waals surface area contributed by atoms with Crippen molar-refractivity contribution in [1.29, 1.82) is 0 Å². The number of aliphatic hydroxyl groups excluding tert-OH is 2. The third-order valence-corrected chi connectivity index (χ3v) is 25.4. The van der Waals surface area contributed by atoms with E-state index in [-0.39, 0.29) is 37.3 Å². The number of unbranched alkanes of at least 4 members (excludes halogenated alkanes) is 34. The predicted molar refractivity (Wildman–Crippen MR) is 491 cm³/mol. The van der Waals surface area contributed by atoms with Gasteiger partial charge in [0.05, 0.1) is 33.0 Å². The highest BCUT2D eigenvalue weighted by molar-refractivity contribution is 5.76. The van der Waals surface area contributed by atoms with Gasteiger partial charge in [0.15, 0.2) is 0 Å². The molecule has 115 heavy (non-hydrogen) atoms. The Balaban J connectivity index is 0.00000115. The van der Waals surface area contributed by atoms with Crippen LogP contribution in [-0.2, 0) is 23.8 Å². The maximum Gasteiger partial charge on any atom is 0.407 e. The van der Waals surface area contributed by atoms with Crippen molar-refractivity contribution in [2.45, 2.75) is 472 Å². The number of nitrogens with zero attached hydrogens (tertiary/aromatic N) is 4. The van der Waals surface area contributed by atoms with Gasteiger partial charge < -0.3 is 50.2 Å². The normalized spacial score (nSPS) is 13.8. The standard InChI is InChI=1S/C50H100N4O5.C49H97N3O4/c1-5-9-13-17-19-23-32-46(30-21-15-11-7-3)44-58-49(56)51-36-25-27-38-53(40-41-54(42-43-55)48-34-29-35-48)39-28-26-37-52-50(57)59-45-47(31-22-16-12-8-4)33-24-20-18-14-10-6-2;1-5-9-13-19-29-45(30-20-14-10-6-2)43-48(54)50-35-25-17-26-36-51(38-39-52(40-41-53)47-33-23-24-34-47)37-27-18-28-42-56-49(55)44-46(31-21-15-11-7-3)32-22-16-12-8-4/h46-48,55H,5-45H2,1-4H3,(H,51,56)(H,52,57);45-47,53H,5-44H2,1-4H3,(H,50,54). The monoisotopic (exact) mass is 1630 g/mol. The lowest BCUT2D eigenvalue weighted by atomic mass is 9.91. The van der Waals surface area contributed by atoms with E-state index in [1.165, 1.54) is 302 Å². The van der Waals surface area contributed by atoms with Crippen molar-refractivity contribution in [3.63, 3.8) is 0 Å². The summed E-state index contributed by atoms with van der Waals surface area (Å²) >= 11 is 0. The van der Waals surface area contributed by atoms with E-state index < -0.39 is 0 Å². The van der Waals surface area contributed by atoms with Crippen LogP contribution in [0, 0.1) is 23.7 Å². The maximum absolute atomic E-state index is 12.9. The molecule has 0 radical (unpaired) electrons. The number of hydrogen-bond acceptors (Lipinski definition) is 13. The second-order valence-corrected chi connectivity index (χ2v) is 36.0. The zero-order valence-corrected chi connectivity index (χ0v) is 77.8. The van der Waals surface area contributed by atoms with Crippen LogP contribution in [0.4, 0.5) is 9.59 Å². The molecule has 0 aromatic heterocycles. The smallest absolute Gasteiger partial charge is 0.407 e. The Kier molecular flexibility index (Phi) is 81.3. The highest BCUT2D eigenvalue weighted by atomic mass is 16.6. The average Bonchev–Trinajstić information content (AvgIpc) is 1.15. The number of nitrogens with one attached hydrogen (secondary N) is 3. The number of aliphatic hydroxyl groups is 2. The Hall–Kier alpha value is -2.76. The summed E-state index contributed by atoms with van der Waals surface area (Å²) in [6.07, 6.45) is 75.5. The van der Waals surface area contributed by atoms with Crippen LogP contribution in [0.3, 0.4) is 0 Å². The Morgan fingerprint density at radius 1 is 0.296 bits per heavy atom. The second kappa shape index (κ2) is 84.8. The number of rotatable bonds is 86. The zero-order valence-electron chi connectivity index (χ0n) is 77.8. The van der Waals surface area contributed by atoms with Gasteiger partial charge in [-0.1, -0.05) is 312 Å². The third kappa shape index (κ3) is 69.5. The van der Waals surface area contributed by atoms with Crippen LogP contribution in [-0.4, -0.2) is 184 Å². The van der Waals surface area contributed by atoms with Crippen LogP contribution in [0.15, 0.2) is 0 Å². The van der Waals surface area contributed by atoms with Gasteiger partial charge >= 0.3 is 18.2 Å². The molecule has 0 aromatic carbocycles. The van der Waals surface area contributed by atoms with Crippen molar-refractivity contribution in [3.8, 4) is 0 Å². The van der Waals surface area contributed by atoms with Crippen LogP contribution >= 0.6 is 0 Å². The van der Waals surface area contributed by atoms with Gasteiger partial charge in [-0.2, -0.15) is 0 Å². The maximum atomic E-state index is 12.9. The molecule has 5 N–H and O–H groups in total. The lowest BCUT2D eigenvalue weighted by Crippen LogP contribution is -2.46. The van der Waals surface area contributed by atoms with Gasteiger partial charge in [0.1, 0.15) is 0 Å². The molecular formula is C99H197N7O9. The van der Waals surface area contributed by atoms with E-state index in [4.69, 9.17) is 14.2 Å². The van der Waals surface area contributed by atoms with Gasteiger partial charge in [0.2, 0.25) is 5.91 Å². The molecule has 0 aliphatic heterocycles. The summed E-state index contributed by atoms with van der Waals surface area (Å²) in [5.74, 6) is 2.24. The average molecular weight is 1630 g/mol. The lowest BCUT2D eigenvalue weighted by molar-refractivity contribution is -0.145. The molecular weight excluding hydrogens is 1430 g/mol. The van der Waals surface area contributed by atoms with E-state index in [0.29, 0.717) is 81.5 Å². The quantitative estimate of drug-likeness (QED) is 0.0220. The first-order valence-electron chi connectivity index (χ1n) is 50.8. The molecule has 2 saturated carbocycles. The fraction of sp³-hybridized carbons (Fsp3) is 0.960. The number of alkyl carbamates (subject to hydrolysis) is 2. The van der Waals surface area contributed by atoms with E-state index in [1.54, 1.807) is 0 Å². The molecule has 2 rings (SSSR count). The molecule has 2 atom stereocenters. The van der Waals surface area contributed by atoms with Crippen LogP contribution in [0.2, 0.25) is 0 Å². The van der Waals surface area contributed by atoms with E-state index in [0.717, 1.165) is 162 Å². The topological polar surface area (TPSA) is 185 Å². The number of carbonyl (C=O) groups is 4. The summed E-state index contributed by atoms with van der Waals surface area (Å²) in [7, 11) is 0. The van der Waals surface area contributed by atoms with Crippen molar-refractivity contribution in [1.82, 2.24) is 35.6 Å². The number of ether oxygens (including phenoxy) is 3. The van der Waals surface area contributed by atoms with Crippen molar-refractivity contribution >= 4 is 24.1 Å². The van der Waals surface area contributed by atoms with E-state index in [2.05, 4.69) is 90.9 Å². The highest BCUT2D eigenvalue weighted by Crippen LogP contribution is 2.28. The second-order valence-electron chi connectivity index (χ2n) is 36.0. The zero-order chi connectivity index (χ0) is 83.6.